The maximum atomic E-state index is 12.3. The Morgan fingerprint density at radius 1 is 1.03 bits per heavy atom. The highest BCUT2D eigenvalue weighted by atomic mass is 16.6. The van der Waals surface area contributed by atoms with Crippen molar-refractivity contribution in [3.05, 3.63) is 55.1 Å². The molecule has 0 radical (unpaired) electrons. The molecule has 0 bridgehead atoms. The topological polar surface area (TPSA) is 76.6 Å². The summed E-state index contributed by atoms with van der Waals surface area (Å²) in [7, 11) is 1.89. The standard InChI is InChI=1S/C26H29N5O3/c1-26(2,3)34-25(32)31-13-11-30(12-14-31)20-7-5-18(6-8-20)19-15-23-24(27-16-19)21(17-33-23)22-9-10-29(4)28-22/h5-10,15-17H,11-14H2,1-4H3. The molecule has 34 heavy (non-hydrogen) atoms. The number of carbonyl (C=O) groups is 1. The van der Waals surface area contributed by atoms with Gasteiger partial charge in [0.15, 0.2) is 5.58 Å². The number of piperazine rings is 1. The summed E-state index contributed by atoms with van der Waals surface area (Å²) in [6.45, 7) is 8.51. The molecule has 0 atom stereocenters. The van der Waals surface area contributed by atoms with Crippen molar-refractivity contribution in [2.24, 2.45) is 7.05 Å². The molecule has 1 aliphatic rings. The van der Waals surface area contributed by atoms with E-state index in [2.05, 4.69) is 39.2 Å². The van der Waals surface area contributed by atoms with Crippen LogP contribution < -0.4 is 4.90 Å². The monoisotopic (exact) mass is 459 g/mol. The van der Waals surface area contributed by atoms with Gasteiger partial charge in [-0.25, -0.2) is 4.79 Å². The van der Waals surface area contributed by atoms with Gasteiger partial charge in [0.2, 0.25) is 0 Å². The number of amides is 1. The van der Waals surface area contributed by atoms with Crippen LogP contribution in [0.2, 0.25) is 0 Å². The van der Waals surface area contributed by atoms with Crippen molar-refractivity contribution in [3.63, 3.8) is 0 Å². The second kappa shape index (κ2) is 8.52. The van der Waals surface area contributed by atoms with Crippen molar-refractivity contribution in [2.45, 2.75) is 26.4 Å². The number of carbonyl (C=O) groups excluding carboxylic acids is 1. The fraction of sp³-hybridized carbons (Fsp3) is 0.346. The zero-order valence-corrected chi connectivity index (χ0v) is 20.0. The summed E-state index contributed by atoms with van der Waals surface area (Å²) in [5.41, 5.74) is 6.01. The van der Waals surface area contributed by atoms with Gasteiger partial charge in [0.05, 0.1) is 11.3 Å². The number of aromatic nitrogens is 3. The summed E-state index contributed by atoms with van der Waals surface area (Å²) in [5.74, 6) is 0. The van der Waals surface area contributed by atoms with Gasteiger partial charge in [-0.2, -0.15) is 5.10 Å². The Morgan fingerprint density at radius 2 is 1.76 bits per heavy atom. The van der Waals surface area contributed by atoms with Gasteiger partial charge in [-0.3, -0.25) is 9.67 Å². The fourth-order valence-electron chi connectivity index (χ4n) is 4.15. The van der Waals surface area contributed by atoms with Gasteiger partial charge in [-0.05, 0) is 50.6 Å². The first kappa shape index (κ1) is 22.0. The summed E-state index contributed by atoms with van der Waals surface area (Å²) in [6.07, 6.45) is 5.25. The summed E-state index contributed by atoms with van der Waals surface area (Å²) in [6, 6.07) is 12.4. The normalized spacial score (nSPS) is 14.6. The molecule has 0 N–H and O–H groups in total. The predicted octanol–water partition coefficient (Wildman–Crippen LogP) is 4.95. The van der Waals surface area contributed by atoms with Crippen LogP contribution in [0.4, 0.5) is 10.5 Å². The molecule has 3 aromatic heterocycles. The second-order valence-corrected chi connectivity index (χ2v) is 9.60. The number of hydrogen-bond donors (Lipinski definition) is 0. The van der Waals surface area contributed by atoms with Crippen molar-refractivity contribution in [3.8, 4) is 22.4 Å². The number of anilines is 1. The molecule has 8 heteroatoms. The molecular formula is C26H29N5O3. The second-order valence-electron chi connectivity index (χ2n) is 9.60. The van der Waals surface area contributed by atoms with E-state index in [0.717, 1.165) is 52.3 Å². The van der Waals surface area contributed by atoms with E-state index in [1.807, 2.05) is 52.3 Å². The molecule has 0 unspecified atom stereocenters. The van der Waals surface area contributed by atoms with Gasteiger partial charge in [0, 0.05) is 56.9 Å². The Balaban J connectivity index is 1.27. The maximum Gasteiger partial charge on any atom is 0.410 e. The lowest BCUT2D eigenvalue weighted by atomic mass is 10.1. The highest BCUT2D eigenvalue weighted by molar-refractivity contribution is 5.91. The summed E-state index contributed by atoms with van der Waals surface area (Å²) < 4.78 is 13.0. The van der Waals surface area contributed by atoms with Gasteiger partial charge in [-0.15, -0.1) is 0 Å². The van der Waals surface area contributed by atoms with Gasteiger partial charge in [-0.1, -0.05) is 12.1 Å². The number of pyridine rings is 1. The summed E-state index contributed by atoms with van der Waals surface area (Å²) in [5, 5.41) is 4.45. The van der Waals surface area contributed by atoms with Crippen LogP contribution in [0, 0.1) is 0 Å². The predicted molar refractivity (Wildman–Crippen MR) is 132 cm³/mol. The van der Waals surface area contributed by atoms with Crippen LogP contribution in [-0.2, 0) is 11.8 Å². The first-order valence-corrected chi connectivity index (χ1v) is 11.5. The Bertz CT molecular complexity index is 1310. The van der Waals surface area contributed by atoms with Crippen molar-refractivity contribution in [2.75, 3.05) is 31.1 Å². The van der Waals surface area contributed by atoms with E-state index >= 15 is 0 Å². The maximum absolute atomic E-state index is 12.3. The van der Waals surface area contributed by atoms with Crippen molar-refractivity contribution < 1.29 is 13.9 Å². The number of fused-ring (bicyclic) bond motifs is 1. The van der Waals surface area contributed by atoms with Crippen LogP contribution in [0.5, 0.6) is 0 Å². The molecule has 4 heterocycles. The Labute approximate surface area is 198 Å². The third-order valence-electron chi connectivity index (χ3n) is 5.90. The minimum Gasteiger partial charge on any atom is -0.462 e. The van der Waals surface area contributed by atoms with E-state index in [1.165, 1.54) is 0 Å². The van der Waals surface area contributed by atoms with E-state index < -0.39 is 5.60 Å². The highest BCUT2D eigenvalue weighted by Gasteiger charge is 2.26. The van der Waals surface area contributed by atoms with Crippen LogP contribution in [0.1, 0.15) is 20.8 Å². The molecular weight excluding hydrogens is 430 g/mol. The molecule has 1 aromatic carbocycles. The van der Waals surface area contributed by atoms with Gasteiger partial charge in [0.1, 0.15) is 17.4 Å². The van der Waals surface area contributed by atoms with E-state index in [9.17, 15) is 4.79 Å². The molecule has 0 spiro atoms. The van der Waals surface area contributed by atoms with Crippen LogP contribution >= 0.6 is 0 Å². The van der Waals surface area contributed by atoms with E-state index in [4.69, 9.17) is 9.15 Å². The lowest BCUT2D eigenvalue weighted by Crippen LogP contribution is -2.50. The molecule has 0 aliphatic carbocycles. The van der Waals surface area contributed by atoms with E-state index in [-0.39, 0.29) is 6.09 Å². The summed E-state index contributed by atoms with van der Waals surface area (Å²) in [4.78, 5) is 21.0. The first-order valence-electron chi connectivity index (χ1n) is 11.5. The number of furan rings is 1. The molecule has 0 saturated carbocycles. The number of benzene rings is 1. The van der Waals surface area contributed by atoms with Crippen LogP contribution in [0.3, 0.4) is 0 Å². The lowest BCUT2D eigenvalue weighted by Gasteiger charge is -2.36. The third-order valence-corrected chi connectivity index (χ3v) is 5.90. The number of aryl methyl sites for hydroxylation is 1. The molecule has 1 fully saturated rings. The molecule has 1 aliphatic heterocycles. The van der Waals surface area contributed by atoms with Crippen molar-refractivity contribution in [1.29, 1.82) is 0 Å². The minimum atomic E-state index is -0.475. The number of rotatable bonds is 3. The molecule has 1 amide bonds. The van der Waals surface area contributed by atoms with Crippen molar-refractivity contribution in [1.82, 2.24) is 19.7 Å². The quantitative estimate of drug-likeness (QED) is 0.431. The smallest absolute Gasteiger partial charge is 0.410 e. The molecule has 4 aromatic rings. The average molecular weight is 460 g/mol. The Hall–Kier alpha value is -3.81. The third kappa shape index (κ3) is 4.48. The van der Waals surface area contributed by atoms with Gasteiger partial charge < -0.3 is 19.0 Å². The number of nitrogens with zero attached hydrogens (tertiary/aromatic N) is 5. The largest absolute Gasteiger partial charge is 0.462 e. The Morgan fingerprint density at radius 3 is 2.41 bits per heavy atom. The molecule has 176 valence electrons. The average Bonchev–Trinajstić information content (AvgIpc) is 3.43. The number of ether oxygens (including phenoxy) is 1. The Kier molecular flexibility index (Phi) is 5.51. The van der Waals surface area contributed by atoms with E-state index in [0.29, 0.717) is 13.1 Å². The number of hydrogen-bond acceptors (Lipinski definition) is 6. The SMILES string of the molecule is Cn1ccc(-c2coc3cc(-c4ccc(N5CCN(C(=O)OC(C)(C)C)CC5)cc4)cnc23)n1. The fourth-order valence-corrected chi connectivity index (χ4v) is 4.15. The van der Waals surface area contributed by atoms with E-state index in [1.54, 1.807) is 15.8 Å². The zero-order chi connectivity index (χ0) is 23.9. The van der Waals surface area contributed by atoms with Crippen molar-refractivity contribution >= 4 is 22.9 Å². The summed E-state index contributed by atoms with van der Waals surface area (Å²) >= 11 is 0. The molecule has 8 nitrogen and oxygen atoms in total. The zero-order valence-electron chi connectivity index (χ0n) is 20.0. The van der Waals surface area contributed by atoms with Gasteiger partial charge >= 0.3 is 6.09 Å². The van der Waals surface area contributed by atoms with Crippen LogP contribution in [-0.4, -0.2) is 57.5 Å². The molecule has 5 rings (SSSR count). The highest BCUT2D eigenvalue weighted by Crippen LogP contribution is 2.31. The minimum absolute atomic E-state index is 0.241. The van der Waals surface area contributed by atoms with Crippen LogP contribution in [0.25, 0.3) is 33.5 Å². The van der Waals surface area contributed by atoms with Gasteiger partial charge in [0.25, 0.3) is 0 Å². The first-order chi connectivity index (χ1) is 16.3. The lowest BCUT2D eigenvalue weighted by molar-refractivity contribution is 0.0240. The molecule has 1 saturated heterocycles. The van der Waals surface area contributed by atoms with Crippen LogP contribution in [0.15, 0.2) is 59.5 Å².